The van der Waals surface area contributed by atoms with E-state index in [2.05, 4.69) is 10.0 Å². The van der Waals surface area contributed by atoms with Crippen molar-refractivity contribution in [3.63, 3.8) is 0 Å². The minimum atomic E-state index is -3.32. The first-order chi connectivity index (χ1) is 9.18. The molecule has 0 spiro atoms. The SMILES string of the molecule is O=S(=O)(NCC1CNCCOC1)N1CCCCCC1. The molecule has 1 unspecified atom stereocenters. The van der Waals surface area contributed by atoms with E-state index in [4.69, 9.17) is 4.74 Å². The molecule has 19 heavy (non-hydrogen) atoms. The largest absolute Gasteiger partial charge is 0.380 e. The van der Waals surface area contributed by atoms with Crippen molar-refractivity contribution in [2.45, 2.75) is 25.7 Å². The lowest BCUT2D eigenvalue weighted by Gasteiger charge is -2.22. The molecule has 0 aliphatic carbocycles. The van der Waals surface area contributed by atoms with Gasteiger partial charge in [0.2, 0.25) is 0 Å². The van der Waals surface area contributed by atoms with Crippen LogP contribution in [0.2, 0.25) is 0 Å². The Morgan fingerprint density at radius 3 is 2.68 bits per heavy atom. The van der Waals surface area contributed by atoms with Crippen LogP contribution in [0.1, 0.15) is 25.7 Å². The summed E-state index contributed by atoms with van der Waals surface area (Å²) in [7, 11) is -3.32. The molecule has 0 aromatic rings. The Bertz CT molecular complexity index is 345. The molecule has 2 aliphatic rings. The molecule has 7 heteroatoms. The zero-order valence-electron chi connectivity index (χ0n) is 11.4. The van der Waals surface area contributed by atoms with Crippen LogP contribution in [-0.4, -0.2) is 58.7 Å². The van der Waals surface area contributed by atoms with Crippen LogP contribution in [-0.2, 0) is 14.9 Å². The van der Waals surface area contributed by atoms with Crippen molar-refractivity contribution < 1.29 is 13.2 Å². The van der Waals surface area contributed by atoms with Gasteiger partial charge in [0, 0.05) is 38.6 Å². The molecule has 0 bridgehead atoms. The Labute approximate surface area is 116 Å². The van der Waals surface area contributed by atoms with E-state index < -0.39 is 10.2 Å². The molecule has 6 nitrogen and oxygen atoms in total. The molecule has 0 saturated carbocycles. The maximum atomic E-state index is 12.2. The van der Waals surface area contributed by atoms with Crippen molar-refractivity contribution in [3.05, 3.63) is 0 Å². The van der Waals surface area contributed by atoms with Crippen molar-refractivity contribution in [1.82, 2.24) is 14.3 Å². The Kier molecular flexibility index (Phi) is 6.03. The van der Waals surface area contributed by atoms with Gasteiger partial charge in [-0.25, -0.2) is 4.72 Å². The van der Waals surface area contributed by atoms with Crippen LogP contribution in [0, 0.1) is 5.92 Å². The van der Waals surface area contributed by atoms with Crippen LogP contribution >= 0.6 is 0 Å². The number of nitrogens with zero attached hydrogens (tertiary/aromatic N) is 1. The normalized spacial score (nSPS) is 27.7. The Balaban J connectivity index is 1.82. The first-order valence-corrected chi connectivity index (χ1v) is 8.66. The molecule has 2 aliphatic heterocycles. The van der Waals surface area contributed by atoms with E-state index in [1.807, 2.05) is 0 Å². The molecule has 0 radical (unpaired) electrons. The lowest BCUT2D eigenvalue weighted by molar-refractivity contribution is 0.124. The molecule has 2 fully saturated rings. The summed E-state index contributed by atoms with van der Waals surface area (Å²) in [6, 6.07) is 0. The minimum Gasteiger partial charge on any atom is -0.380 e. The first kappa shape index (κ1) is 15.2. The Morgan fingerprint density at radius 2 is 1.95 bits per heavy atom. The first-order valence-electron chi connectivity index (χ1n) is 7.22. The zero-order chi connectivity index (χ0) is 13.6. The van der Waals surface area contributed by atoms with Gasteiger partial charge in [0.15, 0.2) is 0 Å². The molecule has 0 amide bonds. The van der Waals surface area contributed by atoms with E-state index in [1.54, 1.807) is 4.31 Å². The van der Waals surface area contributed by atoms with Gasteiger partial charge < -0.3 is 10.1 Å². The third-order valence-corrected chi connectivity index (χ3v) is 5.25. The number of rotatable bonds is 4. The molecule has 2 saturated heterocycles. The highest BCUT2D eigenvalue weighted by atomic mass is 32.2. The molecule has 112 valence electrons. The second kappa shape index (κ2) is 7.54. The van der Waals surface area contributed by atoms with Crippen LogP contribution in [0.15, 0.2) is 0 Å². The second-order valence-corrected chi connectivity index (χ2v) is 7.07. The smallest absolute Gasteiger partial charge is 0.279 e. The van der Waals surface area contributed by atoms with Crippen molar-refractivity contribution in [2.24, 2.45) is 5.92 Å². The van der Waals surface area contributed by atoms with Gasteiger partial charge in [-0.05, 0) is 12.8 Å². The molecular weight excluding hydrogens is 266 g/mol. The average Bonchev–Trinajstić information content (AvgIpc) is 2.81. The minimum absolute atomic E-state index is 0.212. The highest BCUT2D eigenvalue weighted by molar-refractivity contribution is 7.87. The van der Waals surface area contributed by atoms with Gasteiger partial charge in [0.1, 0.15) is 0 Å². The monoisotopic (exact) mass is 291 g/mol. The fraction of sp³-hybridized carbons (Fsp3) is 1.00. The van der Waals surface area contributed by atoms with Gasteiger partial charge in [-0.1, -0.05) is 12.8 Å². The molecule has 2 heterocycles. The summed E-state index contributed by atoms with van der Waals surface area (Å²) >= 11 is 0. The number of hydrogen-bond acceptors (Lipinski definition) is 4. The van der Waals surface area contributed by atoms with Gasteiger partial charge in [0.25, 0.3) is 10.2 Å². The van der Waals surface area contributed by atoms with Crippen LogP contribution in [0.25, 0.3) is 0 Å². The van der Waals surface area contributed by atoms with Crippen LogP contribution in [0.4, 0.5) is 0 Å². The Hall–Kier alpha value is -0.210. The van der Waals surface area contributed by atoms with Gasteiger partial charge in [-0.3, -0.25) is 0 Å². The van der Waals surface area contributed by atoms with Crippen molar-refractivity contribution in [2.75, 3.05) is 45.9 Å². The summed E-state index contributed by atoms with van der Waals surface area (Å²) in [6.45, 7) is 4.72. The highest BCUT2D eigenvalue weighted by Crippen LogP contribution is 2.12. The summed E-state index contributed by atoms with van der Waals surface area (Å²) in [5.41, 5.74) is 0. The van der Waals surface area contributed by atoms with E-state index in [1.165, 1.54) is 0 Å². The highest BCUT2D eigenvalue weighted by Gasteiger charge is 2.24. The van der Waals surface area contributed by atoms with Gasteiger partial charge >= 0.3 is 0 Å². The van der Waals surface area contributed by atoms with Crippen LogP contribution in [0.3, 0.4) is 0 Å². The maximum absolute atomic E-state index is 12.2. The van der Waals surface area contributed by atoms with E-state index in [9.17, 15) is 8.42 Å². The number of ether oxygens (including phenoxy) is 1. The van der Waals surface area contributed by atoms with E-state index in [0.29, 0.717) is 32.8 Å². The quantitative estimate of drug-likeness (QED) is 0.761. The number of hydrogen-bond donors (Lipinski definition) is 2. The molecule has 1 atom stereocenters. The Morgan fingerprint density at radius 1 is 1.21 bits per heavy atom. The predicted octanol–water partition coefficient (Wildman–Crippen LogP) is -0.0672. The predicted molar refractivity (Wildman–Crippen MR) is 74.1 cm³/mol. The van der Waals surface area contributed by atoms with Crippen molar-refractivity contribution in [3.8, 4) is 0 Å². The molecule has 0 aromatic heterocycles. The lowest BCUT2D eigenvalue weighted by atomic mass is 10.2. The van der Waals surface area contributed by atoms with Crippen LogP contribution < -0.4 is 10.0 Å². The molecule has 2 rings (SSSR count). The fourth-order valence-electron chi connectivity index (χ4n) is 2.49. The third-order valence-electron chi connectivity index (χ3n) is 3.67. The van der Waals surface area contributed by atoms with Gasteiger partial charge in [0.05, 0.1) is 13.2 Å². The fourth-order valence-corrected chi connectivity index (χ4v) is 3.85. The molecule has 0 aromatic carbocycles. The topological polar surface area (TPSA) is 70.7 Å². The standard InChI is InChI=1S/C12H25N3O3S/c16-19(17,15-6-3-1-2-4-7-15)14-10-12-9-13-5-8-18-11-12/h12-14H,1-11H2. The van der Waals surface area contributed by atoms with Crippen molar-refractivity contribution >= 4 is 10.2 Å². The van der Waals surface area contributed by atoms with E-state index in [-0.39, 0.29) is 5.92 Å². The number of nitrogens with one attached hydrogen (secondary N) is 2. The van der Waals surface area contributed by atoms with Gasteiger partial charge in [-0.15, -0.1) is 0 Å². The van der Waals surface area contributed by atoms with Gasteiger partial charge in [-0.2, -0.15) is 12.7 Å². The van der Waals surface area contributed by atoms with Crippen LogP contribution in [0.5, 0.6) is 0 Å². The summed E-state index contributed by atoms with van der Waals surface area (Å²) in [5, 5.41) is 3.25. The lowest BCUT2D eigenvalue weighted by Crippen LogP contribution is -2.44. The van der Waals surface area contributed by atoms with Crippen molar-refractivity contribution in [1.29, 1.82) is 0 Å². The van der Waals surface area contributed by atoms with E-state index in [0.717, 1.165) is 38.8 Å². The summed E-state index contributed by atoms with van der Waals surface area (Å²) in [5.74, 6) is 0.212. The summed E-state index contributed by atoms with van der Waals surface area (Å²) in [6.07, 6.45) is 4.20. The second-order valence-electron chi connectivity index (χ2n) is 5.31. The zero-order valence-corrected chi connectivity index (χ0v) is 12.3. The summed E-state index contributed by atoms with van der Waals surface area (Å²) in [4.78, 5) is 0. The average molecular weight is 291 g/mol. The maximum Gasteiger partial charge on any atom is 0.279 e. The molecule has 2 N–H and O–H groups in total. The van der Waals surface area contributed by atoms with E-state index >= 15 is 0 Å². The molecular formula is C12H25N3O3S. The summed E-state index contributed by atoms with van der Waals surface area (Å²) < 4.78 is 34.2. The third kappa shape index (κ3) is 5.00.